The third kappa shape index (κ3) is 2.15. The molecule has 2 N–H and O–H groups in total. The molecular formula is C17H19N3O2. The number of hydrogen-bond acceptors (Lipinski definition) is 4. The van der Waals surface area contributed by atoms with E-state index in [1.54, 1.807) is 14.2 Å². The van der Waals surface area contributed by atoms with Crippen molar-refractivity contribution in [1.82, 2.24) is 9.38 Å². The van der Waals surface area contributed by atoms with Crippen LogP contribution in [0.5, 0.6) is 11.5 Å². The van der Waals surface area contributed by atoms with Gasteiger partial charge in [-0.1, -0.05) is 0 Å². The molecule has 0 fully saturated rings. The van der Waals surface area contributed by atoms with Crippen LogP contribution in [0.3, 0.4) is 0 Å². The normalized spacial score (nSPS) is 10.9. The van der Waals surface area contributed by atoms with Gasteiger partial charge in [0, 0.05) is 17.5 Å². The number of aryl methyl sites for hydroxylation is 2. The molecule has 0 radical (unpaired) electrons. The molecule has 0 saturated carbocycles. The smallest absolute Gasteiger partial charge is 0.161 e. The molecule has 0 aliphatic heterocycles. The van der Waals surface area contributed by atoms with E-state index < -0.39 is 0 Å². The van der Waals surface area contributed by atoms with Crippen molar-refractivity contribution in [2.75, 3.05) is 20.0 Å². The van der Waals surface area contributed by atoms with Crippen molar-refractivity contribution >= 4 is 11.3 Å². The minimum atomic E-state index is 0.687. The van der Waals surface area contributed by atoms with E-state index in [9.17, 15) is 0 Å². The highest BCUT2D eigenvalue weighted by atomic mass is 16.5. The number of rotatable bonds is 3. The molecule has 0 bridgehead atoms. The number of nitrogens with zero attached hydrogens (tertiary/aromatic N) is 2. The Balaban J connectivity index is 2.20. The molecule has 5 heteroatoms. The molecule has 0 amide bonds. The average molecular weight is 297 g/mol. The molecular weight excluding hydrogens is 278 g/mol. The monoisotopic (exact) mass is 297 g/mol. The van der Waals surface area contributed by atoms with Crippen molar-refractivity contribution in [3.05, 3.63) is 41.7 Å². The van der Waals surface area contributed by atoms with Crippen LogP contribution in [-0.2, 0) is 0 Å². The summed E-state index contributed by atoms with van der Waals surface area (Å²) in [5.41, 5.74) is 11.6. The zero-order valence-corrected chi connectivity index (χ0v) is 13.2. The quantitative estimate of drug-likeness (QED) is 0.806. The van der Waals surface area contributed by atoms with E-state index in [0.717, 1.165) is 33.8 Å². The number of nitrogen functional groups attached to an aromatic ring is 1. The number of aromatic nitrogens is 2. The van der Waals surface area contributed by atoms with Gasteiger partial charge in [0.1, 0.15) is 5.65 Å². The van der Waals surface area contributed by atoms with Crippen LogP contribution in [0.15, 0.2) is 30.5 Å². The predicted molar refractivity (Wildman–Crippen MR) is 87.6 cm³/mol. The Morgan fingerprint density at radius 3 is 2.45 bits per heavy atom. The first kappa shape index (κ1) is 14.3. The number of nitrogens with two attached hydrogens (primary N) is 1. The van der Waals surface area contributed by atoms with Crippen LogP contribution in [0.4, 0.5) is 5.69 Å². The number of benzene rings is 1. The number of methoxy groups -OCH3 is 2. The highest BCUT2D eigenvalue weighted by Gasteiger charge is 2.14. The van der Waals surface area contributed by atoms with Crippen LogP contribution in [0.2, 0.25) is 0 Å². The standard InChI is InChI=1S/C17H19N3O2/c1-10-7-16-19-17(11(2)20(16)9-13(10)18)12-5-6-14(21-3)15(8-12)22-4/h5-9H,18H2,1-4H3. The molecule has 0 aliphatic rings. The van der Waals surface area contributed by atoms with Crippen LogP contribution in [-0.4, -0.2) is 23.6 Å². The summed E-state index contributed by atoms with van der Waals surface area (Å²) in [5, 5.41) is 0. The Hall–Kier alpha value is -2.69. The second-order valence-corrected chi connectivity index (χ2v) is 5.26. The third-order valence-corrected chi connectivity index (χ3v) is 3.90. The first-order valence-electron chi connectivity index (χ1n) is 7.02. The zero-order valence-electron chi connectivity index (χ0n) is 13.2. The number of hydrogen-bond donors (Lipinski definition) is 1. The Kier molecular flexibility index (Phi) is 3.41. The summed E-state index contributed by atoms with van der Waals surface area (Å²) in [6.07, 6.45) is 1.91. The zero-order chi connectivity index (χ0) is 15.9. The van der Waals surface area contributed by atoms with E-state index in [2.05, 4.69) is 0 Å². The molecule has 0 spiro atoms. The summed E-state index contributed by atoms with van der Waals surface area (Å²) in [6.45, 7) is 4.01. The van der Waals surface area contributed by atoms with Crippen LogP contribution < -0.4 is 15.2 Å². The summed E-state index contributed by atoms with van der Waals surface area (Å²) in [5.74, 6) is 1.39. The molecule has 3 rings (SSSR count). The molecule has 1 aromatic carbocycles. The Bertz CT molecular complexity index is 853. The Labute approximate surface area is 129 Å². The van der Waals surface area contributed by atoms with Crippen molar-refractivity contribution in [2.45, 2.75) is 13.8 Å². The van der Waals surface area contributed by atoms with Crippen molar-refractivity contribution in [3.63, 3.8) is 0 Å². The average Bonchev–Trinajstić information content (AvgIpc) is 2.83. The minimum absolute atomic E-state index is 0.687. The number of pyridine rings is 1. The molecule has 22 heavy (non-hydrogen) atoms. The maximum absolute atomic E-state index is 6.00. The van der Waals surface area contributed by atoms with E-state index >= 15 is 0 Å². The minimum Gasteiger partial charge on any atom is -0.493 e. The number of ether oxygens (including phenoxy) is 2. The highest BCUT2D eigenvalue weighted by molar-refractivity contribution is 5.70. The van der Waals surface area contributed by atoms with E-state index in [0.29, 0.717) is 11.5 Å². The van der Waals surface area contributed by atoms with Gasteiger partial charge in [-0.15, -0.1) is 0 Å². The fourth-order valence-corrected chi connectivity index (χ4v) is 2.57. The largest absolute Gasteiger partial charge is 0.493 e. The van der Waals surface area contributed by atoms with Gasteiger partial charge in [0.25, 0.3) is 0 Å². The lowest BCUT2D eigenvalue weighted by molar-refractivity contribution is 0.355. The molecule has 114 valence electrons. The molecule has 0 atom stereocenters. The van der Waals surface area contributed by atoms with E-state index in [-0.39, 0.29) is 0 Å². The molecule has 0 aliphatic carbocycles. The van der Waals surface area contributed by atoms with Gasteiger partial charge in [-0.2, -0.15) is 0 Å². The first-order valence-corrected chi connectivity index (χ1v) is 7.02. The van der Waals surface area contributed by atoms with Crippen molar-refractivity contribution in [3.8, 4) is 22.8 Å². The van der Waals surface area contributed by atoms with E-state index in [1.807, 2.05) is 48.7 Å². The van der Waals surface area contributed by atoms with E-state index in [4.69, 9.17) is 20.2 Å². The maximum Gasteiger partial charge on any atom is 0.161 e. The first-order chi connectivity index (χ1) is 10.5. The van der Waals surface area contributed by atoms with Gasteiger partial charge in [-0.3, -0.25) is 0 Å². The lowest BCUT2D eigenvalue weighted by atomic mass is 10.1. The van der Waals surface area contributed by atoms with Crippen molar-refractivity contribution in [2.24, 2.45) is 0 Å². The van der Waals surface area contributed by atoms with Crippen LogP contribution >= 0.6 is 0 Å². The molecule has 5 nitrogen and oxygen atoms in total. The summed E-state index contributed by atoms with van der Waals surface area (Å²) < 4.78 is 12.7. The molecule has 0 saturated heterocycles. The predicted octanol–water partition coefficient (Wildman–Crippen LogP) is 3.22. The van der Waals surface area contributed by atoms with Crippen molar-refractivity contribution < 1.29 is 9.47 Å². The summed E-state index contributed by atoms with van der Waals surface area (Å²) in [4.78, 5) is 4.73. The number of anilines is 1. The lowest BCUT2D eigenvalue weighted by Gasteiger charge is -2.09. The summed E-state index contributed by atoms with van der Waals surface area (Å²) >= 11 is 0. The lowest BCUT2D eigenvalue weighted by Crippen LogP contribution is -1.95. The van der Waals surface area contributed by atoms with Crippen molar-refractivity contribution in [1.29, 1.82) is 0 Å². The van der Waals surface area contributed by atoms with Gasteiger partial charge in [0.05, 0.1) is 25.6 Å². The van der Waals surface area contributed by atoms with Crippen LogP contribution in [0.1, 0.15) is 11.3 Å². The van der Waals surface area contributed by atoms with Gasteiger partial charge < -0.3 is 19.6 Å². The molecule has 0 unspecified atom stereocenters. The van der Waals surface area contributed by atoms with Gasteiger partial charge in [-0.25, -0.2) is 4.98 Å². The van der Waals surface area contributed by atoms with Crippen LogP contribution in [0, 0.1) is 13.8 Å². The fourth-order valence-electron chi connectivity index (χ4n) is 2.57. The second kappa shape index (κ2) is 5.26. The molecule has 2 heterocycles. The Morgan fingerprint density at radius 1 is 1.05 bits per heavy atom. The maximum atomic E-state index is 6.00. The topological polar surface area (TPSA) is 61.8 Å². The number of imidazole rings is 1. The van der Waals surface area contributed by atoms with Gasteiger partial charge in [0.2, 0.25) is 0 Å². The second-order valence-electron chi connectivity index (χ2n) is 5.26. The summed E-state index contributed by atoms with van der Waals surface area (Å²) in [7, 11) is 3.25. The van der Waals surface area contributed by atoms with Gasteiger partial charge in [-0.05, 0) is 43.7 Å². The van der Waals surface area contributed by atoms with Gasteiger partial charge >= 0.3 is 0 Å². The highest BCUT2D eigenvalue weighted by Crippen LogP contribution is 2.33. The third-order valence-electron chi connectivity index (χ3n) is 3.90. The number of fused-ring (bicyclic) bond motifs is 1. The summed E-state index contributed by atoms with van der Waals surface area (Å²) in [6, 6.07) is 7.79. The molecule has 3 aromatic rings. The van der Waals surface area contributed by atoms with Gasteiger partial charge in [0.15, 0.2) is 11.5 Å². The fraction of sp³-hybridized carbons (Fsp3) is 0.235. The SMILES string of the molecule is COc1ccc(-c2nc3cc(C)c(N)cn3c2C)cc1OC. The van der Waals surface area contributed by atoms with Crippen LogP contribution in [0.25, 0.3) is 16.9 Å². The van der Waals surface area contributed by atoms with E-state index in [1.165, 1.54) is 0 Å². The Morgan fingerprint density at radius 2 is 1.77 bits per heavy atom. The molecule has 2 aromatic heterocycles.